The minimum atomic E-state index is 0.0682. The van der Waals surface area contributed by atoms with E-state index in [0.717, 1.165) is 17.1 Å². The van der Waals surface area contributed by atoms with Crippen LogP contribution >= 0.6 is 11.3 Å². The number of thiazole rings is 1. The summed E-state index contributed by atoms with van der Waals surface area (Å²) in [6.45, 7) is 6.50. The molecule has 96 valence electrons. The van der Waals surface area contributed by atoms with Gasteiger partial charge in [-0.05, 0) is 17.9 Å². The Labute approximate surface area is 113 Å². The van der Waals surface area contributed by atoms with Crippen LogP contribution in [0.4, 0.5) is 0 Å². The molecule has 0 amide bonds. The minimum Gasteiger partial charge on any atom is -0.322 e. The first-order chi connectivity index (χ1) is 8.61. The lowest BCUT2D eigenvalue weighted by Crippen LogP contribution is -2.07. The fourth-order valence-electron chi connectivity index (χ4n) is 1.80. The standard InChI is InChI=1S/C15H20N2S/c1-4-13(16)15-17-14(9-18-15)12-7-5-11(6-8-12)10(2)3/h5-10,13H,4,16H2,1-3H3. The Kier molecular flexibility index (Phi) is 4.15. The van der Waals surface area contributed by atoms with Crippen molar-refractivity contribution in [2.24, 2.45) is 5.73 Å². The summed E-state index contributed by atoms with van der Waals surface area (Å²) in [6.07, 6.45) is 0.930. The number of aromatic nitrogens is 1. The predicted molar refractivity (Wildman–Crippen MR) is 78.9 cm³/mol. The molecule has 2 aromatic rings. The summed E-state index contributed by atoms with van der Waals surface area (Å²) in [7, 11) is 0. The molecule has 1 aromatic carbocycles. The van der Waals surface area contributed by atoms with Crippen molar-refractivity contribution in [1.29, 1.82) is 0 Å². The van der Waals surface area contributed by atoms with Gasteiger partial charge in [-0.1, -0.05) is 45.0 Å². The highest BCUT2D eigenvalue weighted by atomic mass is 32.1. The van der Waals surface area contributed by atoms with E-state index in [1.54, 1.807) is 11.3 Å². The molecule has 18 heavy (non-hydrogen) atoms. The van der Waals surface area contributed by atoms with Crippen LogP contribution in [0.15, 0.2) is 29.6 Å². The number of benzene rings is 1. The third kappa shape index (κ3) is 2.79. The highest BCUT2D eigenvalue weighted by Crippen LogP contribution is 2.27. The topological polar surface area (TPSA) is 38.9 Å². The largest absolute Gasteiger partial charge is 0.322 e. The van der Waals surface area contributed by atoms with E-state index in [1.165, 1.54) is 11.1 Å². The fraction of sp³-hybridized carbons (Fsp3) is 0.400. The molecule has 2 nitrogen and oxygen atoms in total. The molecule has 1 unspecified atom stereocenters. The Morgan fingerprint density at radius 1 is 1.22 bits per heavy atom. The van der Waals surface area contributed by atoms with Gasteiger partial charge in [0, 0.05) is 10.9 Å². The van der Waals surface area contributed by atoms with Crippen molar-refractivity contribution >= 4 is 11.3 Å². The number of hydrogen-bond acceptors (Lipinski definition) is 3. The maximum Gasteiger partial charge on any atom is 0.110 e. The van der Waals surface area contributed by atoms with Gasteiger partial charge in [-0.3, -0.25) is 0 Å². The third-order valence-corrected chi connectivity index (χ3v) is 4.13. The average Bonchev–Trinajstić information content (AvgIpc) is 2.87. The highest BCUT2D eigenvalue weighted by Gasteiger charge is 2.10. The summed E-state index contributed by atoms with van der Waals surface area (Å²) in [4.78, 5) is 4.62. The van der Waals surface area contributed by atoms with Gasteiger partial charge in [0.05, 0.1) is 11.7 Å². The van der Waals surface area contributed by atoms with Crippen LogP contribution in [-0.4, -0.2) is 4.98 Å². The van der Waals surface area contributed by atoms with E-state index >= 15 is 0 Å². The molecule has 2 rings (SSSR count). The van der Waals surface area contributed by atoms with Gasteiger partial charge in [-0.2, -0.15) is 0 Å². The molecular formula is C15H20N2S. The van der Waals surface area contributed by atoms with Gasteiger partial charge in [0.2, 0.25) is 0 Å². The van der Waals surface area contributed by atoms with Gasteiger partial charge in [-0.15, -0.1) is 11.3 Å². The van der Waals surface area contributed by atoms with E-state index in [1.807, 2.05) is 0 Å². The molecule has 2 N–H and O–H groups in total. The summed E-state index contributed by atoms with van der Waals surface area (Å²) < 4.78 is 0. The third-order valence-electron chi connectivity index (χ3n) is 3.15. The first kappa shape index (κ1) is 13.2. The molecule has 0 bridgehead atoms. The van der Waals surface area contributed by atoms with Gasteiger partial charge >= 0.3 is 0 Å². The van der Waals surface area contributed by atoms with Gasteiger partial charge < -0.3 is 5.73 Å². The molecule has 0 saturated carbocycles. The van der Waals surface area contributed by atoms with E-state index in [-0.39, 0.29) is 6.04 Å². The van der Waals surface area contributed by atoms with Crippen LogP contribution in [0.5, 0.6) is 0 Å². The van der Waals surface area contributed by atoms with Crippen molar-refractivity contribution in [3.05, 3.63) is 40.2 Å². The van der Waals surface area contributed by atoms with Crippen LogP contribution in [0.1, 0.15) is 49.7 Å². The Morgan fingerprint density at radius 2 is 1.89 bits per heavy atom. The molecule has 1 atom stereocenters. The molecule has 0 spiro atoms. The number of nitrogens with two attached hydrogens (primary N) is 1. The lowest BCUT2D eigenvalue weighted by molar-refractivity contribution is 0.693. The second-order valence-electron chi connectivity index (χ2n) is 4.86. The number of hydrogen-bond donors (Lipinski definition) is 1. The van der Waals surface area contributed by atoms with Crippen molar-refractivity contribution in [3.8, 4) is 11.3 Å². The monoisotopic (exact) mass is 260 g/mol. The highest BCUT2D eigenvalue weighted by molar-refractivity contribution is 7.10. The quantitative estimate of drug-likeness (QED) is 0.888. The zero-order valence-corrected chi connectivity index (χ0v) is 12.0. The van der Waals surface area contributed by atoms with Crippen LogP contribution in [0, 0.1) is 0 Å². The number of nitrogens with zero attached hydrogens (tertiary/aromatic N) is 1. The van der Waals surface area contributed by atoms with E-state index in [4.69, 9.17) is 5.73 Å². The molecule has 0 aliphatic rings. The smallest absolute Gasteiger partial charge is 0.110 e. The molecule has 1 heterocycles. The van der Waals surface area contributed by atoms with Gasteiger partial charge in [-0.25, -0.2) is 4.98 Å². The Balaban J connectivity index is 2.23. The van der Waals surface area contributed by atoms with Crippen LogP contribution in [0.25, 0.3) is 11.3 Å². The second-order valence-corrected chi connectivity index (χ2v) is 5.75. The normalized spacial score (nSPS) is 12.9. The van der Waals surface area contributed by atoms with Crippen LogP contribution in [0.2, 0.25) is 0 Å². The zero-order chi connectivity index (χ0) is 13.1. The van der Waals surface area contributed by atoms with Gasteiger partial charge in [0.1, 0.15) is 5.01 Å². The Morgan fingerprint density at radius 3 is 2.44 bits per heavy atom. The lowest BCUT2D eigenvalue weighted by atomic mass is 10.0. The van der Waals surface area contributed by atoms with Crippen molar-refractivity contribution < 1.29 is 0 Å². The summed E-state index contributed by atoms with van der Waals surface area (Å²) in [6, 6.07) is 8.72. The van der Waals surface area contributed by atoms with Crippen molar-refractivity contribution in [2.45, 2.75) is 39.2 Å². The summed E-state index contributed by atoms with van der Waals surface area (Å²) in [5.41, 5.74) is 9.57. The Hall–Kier alpha value is -1.19. The predicted octanol–water partition coefficient (Wildman–Crippen LogP) is 4.34. The molecule has 3 heteroatoms. The van der Waals surface area contributed by atoms with Gasteiger partial charge in [0.15, 0.2) is 0 Å². The first-order valence-corrected chi connectivity index (χ1v) is 7.31. The van der Waals surface area contributed by atoms with Crippen LogP contribution in [-0.2, 0) is 0 Å². The summed E-state index contributed by atoms with van der Waals surface area (Å²) >= 11 is 1.65. The van der Waals surface area contributed by atoms with Crippen LogP contribution < -0.4 is 5.73 Å². The molecular weight excluding hydrogens is 240 g/mol. The second kappa shape index (κ2) is 5.63. The fourth-order valence-corrected chi connectivity index (χ4v) is 2.72. The maximum atomic E-state index is 6.00. The average molecular weight is 260 g/mol. The molecule has 0 aliphatic heterocycles. The molecule has 0 radical (unpaired) electrons. The van der Waals surface area contributed by atoms with E-state index in [2.05, 4.69) is 55.4 Å². The molecule has 0 aliphatic carbocycles. The maximum absolute atomic E-state index is 6.00. The number of rotatable bonds is 4. The van der Waals surface area contributed by atoms with Crippen LogP contribution in [0.3, 0.4) is 0 Å². The van der Waals surface area contributed by atoms with Crippen molar-refractivity contribution in [2.75, 3.05) is 0 Å². The summed E-state index contributed by atoms with van der Waals surface area (Å²) in [5.74, 6) is 0.568. The van der Waals surface area contributed by atoms with E-state index in [9.17, 15) is 0 Å². The first-order valence-electron chi connectivity index (χ1n) is 6.43. The van der Waals surface area contributed by atoms with E-state index < -0.39 is 0 Å². The van der Waals surface area contributed by atoms with Crippen molar-refractivity contribution in [3.63, 3.8) is 0 Å². The molecule has 0 saturated heterocycles. The van der Waals surface area contributed by atoms with Gasteiger partial charge in [0.25, 0.3) is 0 Å². The Bertz CT molecular complexity index is 499. The lowest BCUT2D eigenvalue weighted by Gasteiger charge is -2.06. The summed E-state index contributed by atoms with van der Waals surface area (Å²) in [5, 5.41) is 3.12. The van der Waals surface area contributed by atoms with E-state index in [0.29, 0.717) is 5.92 Å². The van der Waals surface area contributed by atoms with Crippen molar-refractivity contribution in [1.82, 2.24) is 4.98 Å². The molecule has 0 fully saturated rings. The zero-order valence-electron chi connectivity index (χ0n) is 11.2. The minimum absolute atomic E-state index is 0.0682. The SMILES string of the molecule is CCC(N)c1nc(-c2ccc(C(C)C)cc2)cs1. The molecule has 1 aromatic heterocycles.